The van der Waals surface area contributed by atoms with Crippen molar-refractivity contribution < 1.29 is 14.3 Å². The molecule has 3 rings (SSSR count). The molecule has 27 heavy (non-hydrogen) atoms. The zero-order chi connectivity index (χ0) is 19.2. The number of para-hydroxylation sites is 4. The van der Waals surface area contributed by atoms with Crippen LogP contribution in [-0.4, -0.2) is 57.2 Å². The lowest BCUT2D eigenvalue weighted by Gasteiger charge is -2.38. The maximum atomic E-state index is 12.7. The lowest BCUT2D eigenvalue weighted by Crippen LogP contribution is -2.52. The van der Waals surface area contributed by atoms with Gasteiger partial charge in [-0.1, -0.05) is 24.3 Å². The fourth-order valence-electron chi connectivity index (χ4n) is 3.39. The summed E-state index contributed by atoms with van der Waals surface area (Å²) < 4.78 is 10.8. The van der Waals surface area contributed by atoms with Gasteiger partial charge in [-0.2, -0.15) is 0 Å². The summed E-state index contributed by atoms with van der Waals surface area (Å²) in [5, 5.41) is 2.98. The van der Waals surface area contributed by atoms with Crippen LogP contribution >= 0.6 is 0 Å². The van der Waals surface area contributed by atoms with E-state index in [0.29, 0.717) is 11.4 Å². The van der Waals surface area contributed by atoms with Crippen LogP contribution in [0.4, 0.5) is 11.4 Å². The highest BCUT2D eigenvalue weighted by molar-refractivity contribution is 5.95. The van der Waals surface area contributed by atoms with Gasteiger partial charge in [-0.15, -0.1) is 0 Å². The lowest BCUT2D eigenvalue weighted by atomic mass is 10.2. The van der Waals surface area contributed by atoms with Gasteiger partial charge in [-0.3, -0.25) is 9.69 Å². The highest BCUT2D eigenvalue weighted by Gasteiger charge is 2.27. The molecule has 1 fully saturated rings. The van der Waals surface area contributed by atoms with Gasteiger partial charge in [0.25, 0.3) is 0 Å². The van der Waals surface area contributed by atoms with Crippen molar-refractivity contribution in [3.05, 3.63) is 48.5 Å². The van der Waals surface area contributed by atoms with Crippen LogP contribution < -0.4 is 19.7 Å². The van der Waals surface area contributed by atoms with Crippen molar-refractivity contribution in [3.8, 4) is 11.5 Å². The second-order valence-electron chi connectivity index (χ2n) is 6.56. The number of anilines is 2. The van der Waals surface area contributed by atoms with E-state index in [1.807, 2.05) is 49.4 Å². The van der Waals surface area contributed by atoms with Crippen molar-refractivity contribution in [3.63, 3.8) is 0 Å². The number of hydrogen-bond donors (Lipinski definition) is 1. The zero-order valence-corrected chi connectivity index (χ0v) is 16.1. The average molecular weight is 369 g/mol. The normalized spacial score (nSPS) is 15.9. The van der Waals surface area contributed by atoms with Crippen LogP contribution in [0, 0.1) is 0 Å². The van der Waals surface area contributed by atoms with Gasteiger partial charge in [0, 0.05) is 26.2 Å². The number of piperazine rings is 1. The molecule has 1 N–H and O–H groups in total. The largest absolute Gasteiger partial charge is 0.495 e. The van der Waals surface area contributed by atoms with Crippen LogP contribution in [0.2, 0.25) is 0 Å². The van der Waals surface area contributed by atoms with E-state index in [0.717, 1.165) is 37.6 Å². The number of carbonyl (C=O) groups is 1. The Balaban J connectivity index is 1.59. The molecule has 0 spiro atoms. The summed E-state index contributed by atoms with van der Waals surface area (Å²) >= 11 is 0. The van der Waals surface area contributed by atoms with Crippen LogP contribution in [0.5, 0.6) is 11.5 Å². The average Bonchev–Trinajstić information content (AvgIpc) is 2.73. The first-order valence-electron chi connectivity index (χ1n) is 9.20. The van der Waals surface area contributed by atoms with Crippen LogP contribution in [0.15, 0.2) is 48.5 Å². The first-order valence-corrected chi connectivity index (χ1v) is 9.20. The van der Waals surface area contributed by atoms with Gasteiger partial charge in [-0.25, -0.2) is 0 Å². The molecule has 0 radical (unpaired) electrons. The smallest absolute Gasteiger partial charge is 0.241 e. The van der Waals surface area contributed by atoms with Gasteiger partial charge < -0.3 is 19.7 Å². The molecule has 0 aromatic heterocycles. The van der Waals surface area contributed by atoms with Crippen molar-refractivity contribution in [1.29, 1.82) is 0 Å². The third-order valence-electron chi connectivity index (χ3n) is 5.03. The van der Waals surface area contributed by atoms with Crippen LogP contribution in [-0.2, 0) is 4.79 Å². The lowest BCUT2D eigenvalue weighted by molar-refractivity contribution is -0.120. The first-order chi connectivity index (χ1) is 13.1. The molecular weight excluding hydrogens is 342 g/mol. The van der Waals surface area contributed by atoms with Gasteiger partial charge in [0.2, 0.25) is 5.91 Å². The maximum absolute atomic E-state index is 12.7. The highest BCUT2D eigenvalue weighted by Crippen LogP contribution is 2.29. The van der Waals surface area contributed by atoms with Gasteiger partial charge >= 0.3 is 0 Å². The number of rotatable bonds is 6. The monoisotopic (exact) mass is 369 g/mol. The van der Waals surface area contributed by atoms with Crippen molar-refractivity contribution in [2.24, 2.45) is 0 Å². The number of nitrogens with zero attached hydrogens (tertiary/aromatic N) is 2. The molecule has 1 heterocycles. The number of hydrogen-bond acceptors (Lipinski definition) is 5. The fourth-order valence-corrected chi connectivity index (χ4v) is 3.39. The van der Waals surface area contributed by atoms with E-state index in [-0.39, 0.29) is 11.9 Å². The number of methoxy groups -OCH3 is 2. The summed E-state index contributed by atoms with van der Waals surface area (Å²) in [6, 6.07) is 15.3. The van der Waals surface area contributed by atoms with E-state index in [1.54, 1.807) is 14.2 Å². The molecule has 0 aliphatic carbocycles. The summed E-state index contributed by atoms with van der Waals surface area (Å²) in [6.07, 6.45) is 0. The number of nitrogens with one attached hydrogen (secondary N) is 1. The number of ether oxygens (including phenoxy) is 2. The number of carbonyl (C=O) groups excluding carboxylic acids is 1. The van der Waals surface area contributed by atoms with E-state index in [4.69, 9.17) is 9.47 Å². The Kier molecular flexibility index (Phi) is 6.19. The molecule has 1 saturated heterocycles. The molecule has 2 aromatic rings. The van der Waals surface area contributed by atoms with Crippen molar-refractivity contribution in [1.82, 2.24) is 4.90 Å². The van der Waals surface area contributed by atoms with E-state index >= 15 is 0 Å². The van der Waals surface area contributed by atoms with Crippen molar-refractivity contribution in [2.45, 2.75) is 13.0 Å². The predicted molar refractivity (Wildman–Crippen MR) is 108 cm³/mol. The van der Waals surface area contributed by atoms with Crippen molar-refractivity contribution in [2.75, 3.05) is 50.6 Å². The molecular formula is C21H27N3O3. The second-order valence-corrected chi connectivity index (χ2v) is 6.56. The van der Waals surface area contributed by atoms with Gasteiger partial charge in [-0.05, 0) is 31.2 Å². The molecule has 144 valence electrons. The topological polar surface area (TPSA) is 54.0 Å². The summed E-state index contributed by atoms with van der Waals surface area (Å²) in [5.41, 5.74) is 1.80. The Morgan fingerprint density at radius 1 is 0.926 bits per heavy atom. The fraction of sp³-hybridized carbons (Fsp3) is 0.381. The minimum Gasteiger partial charge on any atom is -0.495 e. The molecule has 6 nitrogen and oxygen atoms in total. The number of benzene rings is 2. The first kappa shape index (κ1) is 19.0. The van der Waals surface area contributed by atoms with E-state index in [1.165, 1.54) is 0 Å². The Hall–Kier alpha value is -2.73. The number of amides is 1. The third kappa shape index (κ3) is 4.34. The molecule has 1 atom stereocenters. The summed E-state index contributed by atoms with van der Waals surface area (Å²) in [6.45, 7) is 5.29. The maximum Gasteiger partial charge on any atom is 0.241 e. The Morgan fingerprint density at radius 3 is 2.19 bits per heavy atom. The molecule has 0 bridgehead atoms. The van der Waals surface area contributed by atoms with Gasteiger partial charge in [0.15, 0.2) is 0 Å². The minimum absolute atomic E-state index is 0.0229. The van der Waals surface area contributed by atoms with Crippen LogP contribution in [0.3, 0.4) is 0 Å². The molecule has 1 unspecified atom stereocenters. The minimum atomic E-state index is -0.213. The molecule has 1 amide bonds. The Morgan fingerprint density at radius 2 is 1.52 bits per heavy atom. The van der Waals surface area contributed by atoms with E-state index < -0.39 is 0 Å². The quantitative estimate of drug-likeness (QED) is 0.849. The summed E-state index contributed by atoms with van der Waals surface area (Å²) in [4.78, 5) is 17.2. The Bertz CT molecular complexity index is 773. The predicted octanol–water partition coefficient (Wildman–Crippen LogP) is 2.85. The molecule has 2 aromatic carbocycles. The SMILES string of the molecule is COc1ccccc1NC(=O)C(C)N1CCN(c2ccccc2OC)CC1. The molecule has 0 saturated carbocycles. The summed E-state index contributed by atoms with van der Waals surface area (Å²) in [7, 11) is 3.30. The highest BCUT2D eigenvalue weighted by atomic mass is 16.5. The summed E-state index contributed by atoms with van der Waals surface area (Å²) in [5.74, 6) is 1.53. The molecule has 1 aliphatic heterocycles. The van der Waals surface area contributed by atoms with E-state index in [2.05, 4.69) is 21.2 Å². The zero-order valence-electron chi connectivity index (χ0n) is 16.1. The van der Waals surface area contributed by atoms with Gasteiger partial charge in [0.1, 0.15) is 11.5 Å². The van der Waals surface area contributed by atoms with Crippen molar-refractivity contribution >= 4 is 17.3 Å². The van der Waals surface area contributed by atoms with Crippen LogP contribution in [0.25, 0.3) is 0 Å². The molecule has 1 aliphatic rings. The standard InChI is InChI=1S/C21H27N3O3/c1-16(21(25)22-17-8-4-6-10-19(17)26-2)23-12-14-24(15-13-23)18-9-5-7-11-20(18)27-3/h4-11,16H,12-15H2,1-3H3,(H,22,25). The van der Waals surface area contributed by atoms with Gasteiger partial charge in [0.05, 0.1) is 31.6 Å². The third-order valence-corrected chi connectivity index (χ3v) is 5.03. The molecule has 6 heteroatoms. The Labute approximate surface area is 160 Å². The second kappa shape index (κ2) is 8.77. The van der Waals surface area contributed by atoms with E-state index in [9.17, 15) is 4.79 Å². The van der Waals surface area contributed by atoms with Crippen LogP contribution in [0.1, 0.15) is 6.92 Å².